The highest BCUT2D eigenvalue weighted by Crippen LogP contribution is 2.35. The highest BCUT2D eigenvalue weighted by Gasteiger charge is 2.44. The molecule has 2 aliphatic rings. The maximum absolute atomic E-state index is 15.7. The molecule has 2 N–H and O–H groups in total. The smallest absolute Gasteiger partial charge is 0.260 e. The summed E-state index contributed by atoms with van der Waals surface area (Å²) in [6, 6.07) is 6.72. The number of nitrogens with two attached hydrogens (primary N) is 1. The van der Waals surface area contributed by atoms with Gasteiger partial charge in [-0.1, -0.05) is 0 Å². The molecule has 34 heavy (non-hydrogen) atoms. The van der Waals surface area contributed by atoms with Gasteiger partial charge in [0.25, 0.3) is 5.91 Å². The molecule has 0 aliphatic carbocycles. The number of alkyl halides is 1. The van der Waals surface area contributed by atoms with Gasteiger partial charge in [-0.25, -0.2) is 13.8 Å². The largest absolute Gasteiger partial charge is 0.504 e. The zero-order valence-electron chi connectivity index (χ0n) is 19.4. The lowest BCUT2D eigenvalue weighted by atomic mass is 9.86. The van der Waals surface area contributed by atoms with Crippen molar-refractivity contribution in [1.82, 2.24) is 19.8 Å². The van der Waals surface area contributed by atoms with Gasteiger partial charge in [0.2, 0.25) is 0 Å². The molecule has 1 amide bonds. The maximum atomic E-state index is 15.7. The molecule has 2 fully saturated rings. The van der Waals surface area contributed by atoms with Crippen LogP contribution >= 0.6 is 0 Å². The average Bonchev–Trinajstić information content (AvgIpc) is 2.84. The SMILES string of the molecule is COC=C(c1ccc(F)cn1)C1CCN(C(=O)C2(F)CCN(Cc3ccnc(N)c3)CC2)CC1. The first-order valence-electron chi connectivity index (χ1n) is 11.6. The predicted molar refractivity (Wildman–Crippen MR) is 125 cm³/mol. The van der Waals surface area contributed by atoms with Gasteiger partial charge in [-0.3, -0.25) is 14.7 Å². The quantitative estimate of drug-likeness (QED) is 0.650. The summed E-state index contributed by atoms with van der Waals surface area (Å²) < 4.78 is 34.2. The van der Waals surface area contributed by atoms with Crippen molar-refractivity contribution in [2.75, 3.05) is 39.0 Å². The van der Waals surface area contributed by atoms with Crippen molar-refractivity contribution in [2.24, 2.45) is 5.92 Å². The van der Waals surface area contributed by atoms with E-state index in [1.54, 1.807) is 30.5 Å². The number of piperidine rings is 2. The number of halogens is 2. The van der Waals surface area contributed by atoms with Gasteiger partial charge in [-0.15, -0.1) is 0 Å². The molecule has 4 heterocycles. The van der Waals surface area contributed by atoms with E-state index < -0.39 is 17.4 Å². The number of aromatic nitrogens is 2. The number of carbonyl (C=O) groups is 1. The molecule has 0 atom stereocenters. The Labute approximate surface area is 198 Å². The van der Waals surface area contributed by atoms with Crippen molar-refractivity contribution in [3.8, 4) is 0 Å². The second-order valence-electron chi connectivity index (χ2n) is 9.07. The van der Waals surface area contributed by atoms with E-state index in [2.05, 4.69) is 14.9 Å². The minimum atomic E-state index is -1.83. The number of nitrogens with zero attached hydrogens (tertiary/aromatic N) is 4. The van der Waals surface area contributed by atoms with Crippen LogP contribution in [0.2, 0.25) is 0 Å². The summed E-state index contributed by atoms with van der Waals surface area (Å²) in [6.45, 7) is 2.62. The van der Waals surface area contributed by atoms with Crippen molar-refractivity contribution in [1.29, 1.82) is 0 Å². The number of pyridine rings is 2. The Kier molecular flexibility index (Phi) is 7.41. The molecule has 0 unspecified atom stereocenters. The lowest BCUT2D eigenvalue weighted by Crippen LogP contribution is -2.53. The van der Waals surface area contributed by atoms with Gasteiger partial charge >= 0.3 is 0 Å². The van der Waals surface area contributed by atoms with Gasteiger partial charge in [0.1, 0.15) is 11.6 Å². The number of ether oxygens (including phenoxy) is 1. The normalized spacial score (nSPS) is 19.7. The second-order valence-corrected chi connectivity index (χ2v) is 9.07. The number of likely N-dealkylation sites (tertiary alicyclic amines) is 2. The van der Waals surface area contributed by atoms with Crippen LogP contribution in [0.3, 0.4) is 0 Å². The molecule has 0 saturated carbocycles. The Morgan fingerprint density at radius 3 is 2.56 bits per heavy atom. The molecule has 2 aliphatic heterocycles. The fraction of sp³-hybridized carbons (Fsp3) is 0.480. The number of methoxy groups -OCH3 is 1. The lowest BCUT2D eigenvalue weighted by molar-refractivity contribution is -0.148. The Morgan fingerprint density at radius 1 is 1.21 bits per heavy atom. The lowest BCUT2D eigenvalue weighted by Gasteiger charge is -2.40. The van der Waals surface area contributed by atoms with E-state index >= 15 is 4.39 Å². The zero-order chi connectivity index (χ0) is 24.1. The van der Waals surface area contributed by atoms with Crippen LogP contribution in [0.4, 0.5) is 14.6 Å². The van der Waals surface area contributed by atoms with E-state index in [1.807, 2.05) is 12.1 Å². The number of nitrogen functional groups attached to an aromatic ring is 1. The Morgan fingerprint density at radius 2 is 1.94 bits per heavy atom. The number of rotatable bonds is 6. The molecule has 2 aromatic heterocycles. The molecule has 7 nitrogen and oxygen atoms in total. The molecule has 9 heteroatoms. The fourth-order valence-electron chi connectivity index (χ4n) is 4.85. The molecular formula is C25H31F2N5O2. The van der Waals surface area contributed by atoms with E-state index in [0.717, 1.165) is 11.1 Å². The third-order valence-corrected chi connectivity index (χ3v) is 6.77. The summed E-state index contributed by atoms with van der Waals surface area (Å²) in [7, 11) is 1.56. The Hall–Kier alpha value is -3.07. The van der Waals surface area contributed by atoms with Crippen LogP contribution in [-0.2, 0) is 16.1 Å². The zero-order valence-corrected chi connectivity index (χ0v) is 19.4. The summed E-state index contributed by atoms with van der Waals surface area (Å²) in [5.74, 6) is -0.236. The van der Waals surface area contributed by atoms with Crippen LogP contribution in [-0.4, -0.2) is 64.6 Å². The number of hydrogen-bond donors (Lipinski definition) is 1. The first-order chi connectivity index (χ1) is 16.4. The van der Waals surface area contributed by atoms with Crippen molar-refractivity contribution < 1.29 is 18.3 Å². The number of carbonyl (C=O) groups excluding carboxylic acids is 1. The first-order valence-corrected chi connectivity index (χ1v) is 11.6. The van der Waals surface area contributed by atoms with E-state index in [1.165, 1.54) is 12.3 Å². The molecule has 4 rings (SSSR count). The standard InChI is InChI=1S/C25H31F2N5O2/c1-34-17-21(22-3-2-20(26)15-30-22)19-5-10-32(11-6-19)24(33)25(27)7-12-31(13-8-25)16-18-4-9-29-23(28)14-18/h2-4,9,14-15,17,19H,5-8,10-13,16H2,1H3,(H2,28,29). The summed E-state index contributed by atoms with van der Waals surface area (Å²) >= 11 is 0. The first kappa shape index (κ1) is 24.1. The summed E-state index contributed by atoms with van der Waals surface area (Å²) in [5, 5.41) is 0. The Bertz CT molecular complexity index is 1010. The molecular weight excluding hydrogens is 440 g/mol. The minimum absolute atomic E-state index is 0.104. The molecule has 0 aromatic carbocycles. The monoisotopic (exact) mass is 471 g/mol. The van der Waals surface area contributed by atoms with Gasteiger partial charge in [0.05, 0.1) is 25.3 Å². The minimum Gasteiger partial charge on any atom is -0.504 e. The molecule has 2 aromatic rings. The maximum Gasteiger partial charge on any atom is 0.260 e. The van der Waals surface area contributed by atoms with Crippen LogP contribution < -0.4 is 5.73 Å². The van der Waals surface area contributed by atoms with Crippen LogP contribution in [0.5, 0.6) is 0 Å². The molecule has 0 bridgehead atoms. The van der Waals surface area contributed by atoms with Crippen LogP contribution in [0.15, 0.2) is 42.9 Å². The van der Waals surface area contributed by atoms with E-state index in [4.69, 9.17) is 10.5 Å². The van der Waals surface area contributed by atoms with Gasteiger partial charge in [-0.05, 0) is 48.6 Å². The Balaban J connectivity index is 1.32. The third kappa shape index (κ3) is 5.52. The number of amides is 1. The molecule has 0 radical (unpaired) electrons. The fourth-order valence-corrected chi connectivity index (χ4v) is 4.85. The van der Waals surface area contributed by atoms with E-state index in [0.29, 0.717) is 57.1 Å². The van der Waals surface area contributed by atoms with Crippen molar-refractivity contribution in [3.63, 3.8) is 0 Å². The predicted octanol–water partition coefficient (Wildman–Crippen LogP) is 3.43. The average molecular weight is 472 g/mol. The van der Waals surface area contributed by atoms with Crippen LogP contribution in [0, 0.1) is 11.7 Å². The van der Waals surface area contributed by atoms with Crippen LogP contribution in [0.1, 0.15) is 36.9 Å². The molecule has 2 saturated heterocycles. The molecule has 0 spiro atoms. The second kappa shape index (κ2) is 10.5. The summed E-state index contributed by atoms with van der Waals surface area (Å²) in [5.41, 5.74) is 6.47. The van der Waals surface area contributed by atoms with Crippen molar-refractivity contribution in [2.45, 2.75) is 37.9 Å². The van der Waals surface area contributed by atoms with Gasteiger partial charge in [-0.2, -0.15) is 0 Å². The van der Waals surface area contributed by atoms with Gasteiger partial charge < -0.3 is 15.4 Å². The van der Waals surface area contributed by atoms with Gasteiger partial charge in [0.15, 0.2) is 5.67 Å². The number of anilines is 1. The van der Waals surface area contributed by atoms with E-state index in [-0.39, 0.29) is 18.8 Å². The van der Waals surface area contributed by atoms with Crippen molar-refractivity contribution >= 4 is 17.3 Å². The summed E-state index contributed by atoms with van der Waals surface area (Å²) in [4.78, 5) is 25.1. The third-order valence-electron chi connectivity index (χ3n) is 6.77. The van der Waals surface area contributed by atoms with Gasteiger partial charge in [0, 0.05) is 57.3 Å². The topological polar surface area (TPSA) is 84.6 Å². The highest BCUT2D eigenvalue weighted by molar-refractivity contribution is 5.85. The summed E-state index contributed by atoms with van der Waals surface area (Å²) in [6.07, 6.45) is 6.19. The number of allylic oxidation sites excluding steroid dienone is 1. The number of hydrogen-bond acceptors (Lipinski definition) is 6. The van der Waals surface area contributed by atoms with Crippen LogP contribution in [0.25, 0.3) is 5.57 Å². The van der Waals surface area contributed by atoms with Crippen molar-refractivity contribution in [3.05, 3.63) is 60.0 Å². The van der Waals surface area contributed by atoms with E-state index in [9.17, 15) is 9.18 Å². The highest BCUT2D eigenvalue weighted by atomic mass is 19.1. The molecule has 182 valence electrons.